The molecule has 1 heterocycles. The Balaban J connectivity index is 1.18. The summed E-state index contributed by atoms with van der Waals surface area (Å²) in [4.78, 5) is 18.4. The molecule has 180 valence electrons. The molecule has 4 aromatic rings. The Morgan fingerprint density at radius 2 is 1.47 bits per heavy atom. The van der Waals surface area contributed by atoms with E-state index in [9.17, 15) is 4.79 Å². The summed E-state index contributed by atoms with van der Waals surface area (Å²) in [6, 6.07) is 26.5. The minimum Gasteiger partial charge on any atom is -0.326 e. The lowest BCUT2D eigenvalue weighted by Gasteiger charge is -2.55. The van der Waals surface area contributed by atoms with Crippen molar-refractivity contribution in [1.29, 1.82) is 0 Å². The molecule has 4 heteroatoms. The van der Waals surface area contributed by atoms with Crippen molar-refractivity contribution in [2.75, 3.05) is 5.32 Å². The first-order chi connectivity index (χ1) is 17.5. The lowest BCUT2D eigenvalue weighted by molar-refractivity contribution is -0.140. The second-order valence-corrected chi connectivity index (χ2v) is 11.7. The molecule has 4 fully saturated rings. The number of carbonyl (C=O) groups is 1. The van der Waals surface area contributed by atoms with Gasteiger partial charge >= 0.3 is 0 Å². The average Bonchev–Trinajstić information content (AvgIpc) is 2.88. The number of nitrogens with zero attached hydrogens (tertiary/aromatic N) is 1. The largest absolute Gasteiger partial charge is 0.326 e. The molecule has 0 aliphatic heterocycles. The number of pyridine rings is 1. The normalized spacial score (nSPS) is 26.3. The summed E-state index contributed by atoms with van der Waals surface area (Å²) in [5.41, 5.74) is 5.81. The molecular weight excluding hydrogens is 464 g/mol. The van der Waals surface area contributed by atoms with Crippen LogP contribution >= 0.6 is 11.6 Å². The molecule has 1 aromatic heterocycles. The van der Waals surface area contributed by atoms with Crippen molar-refractivity contribution in [3.63, 3.8) is 0 Å². The Labute approximate surface area is 216 Å². The van der Waals surface area contributed by atoms with Crippen LogP contribution in [-0.4, -0.2) is 10.9 Å². The van der Waals surface area contributed by atoms with Gasteiger partial charge in [-0.1, -0.05) is 54.1 Å². The SMILES string of the molecule is O=C(Nc1ccc(-c2cc(-c3ccccc3)c3cc(Cl)ccc3n2)cc1)C12CC3CC(CC(C3)C1)C2. The molecule has 0 radical (unpaired) electrons. The smallest absolute Gasteiger partial charge is 0.230 e. The molecule has 0 saturated heterocycles. The maximum atomic E-state index is 13.5. The summed E-state index contributed by atoms with van der Waals surface area (Å²) in [5.74, 6) is 2.52. The highest BCUT2D eigenvalue weighted by molar-refractivity contribution is 6.31. The van der Waals surface area contributed by atoms with Gasteiger partial charge in [-0.25, -0.2) is 4.98 Å². The van der Waals surface area contributed by atoms with Crippen LogP contribution in [0, 0.1) is 23.2 Å². The first kappa shape index (κ1) is 22.1. The quantitative estimate of drug-likeness (QED) is 0.311. The topological polar surface area (TPSA) is 42.0 Å². The predicted molar refractivity (Wildman–Crippen MR) is 147 cm³/mol. The number of nitrogens with one attached hydrogen (secondary N) is 1. The van der Waals surface area contributed by atoms with E-state index in [-0.39, 0.29) is 11.3 Å². The van der Waals surface area contributed by atoms with E-state index < -0.39 is 0 Å². The van der Waals surface area contributed by atoms with Crippen molar-refractivity contribution >= 4 is 34.1 Å². The standard InChI is InChI=1S/C32H29ClN2O/c33-25-8-11-29-28(15-25)27(23-4-2-1-3-5-23)16-30(35-29)24-6-9-26(10-7-24)34-31(36)32-17-20-12-21(18-32)14-22(13-20)19-32/h1-11,15-16,20-22H,12-14,17-19H2,(H,34,36). The molecule has 4 saturated carbocycles. The Hall–Kier alpha value is -3.17. The molecule has 1 amide bonds. The number of hydrogen-bond donors (Lipinski definition) is 1. The lowest BCUT2D eigenvalue weighted by atomic mass is 9.49. The van der Waals surface area contributed by atoms with Gasteiger partial charge in [-0.15, -0.1) is 0 Å². The van der Waals surface area contributed by atoms with Crippen LogP contribution in [0.5, 0.6) is 0 Å². The van der Waals surface area contributed by atoms with Gasteiger partial charge in [0.15, 0.2) is 0 Å². The predicted octanol–water partition coefficient (Wildman–Crippen LogP) is 8.38. The van der Waals surface area contributed by atoms with E-state index in [0.717, 1.165) is 76.0 Å². The van der Waals surface area contributed by atoms with Gasteiger partial charge < -0.3 is 5.32 Å². The van der Waals surface area contributed by atoms with Gasteiger partial charge in [-0.3, -0.25) is 4.79 Å². The van der Waals surface area contributed by atoms with Crippen LogP contribution in [0.2, 0.25) is 5.02 Å². The fourth-order valence-electron chi connectivity index (χ4n) is 7.58. The van der Waals surface area contributed by atoms with Crippen LogP contribution in [0.1, 0.15) is 38.5 Å². The van der Waals surface area contributed by atoms with Crippen molar-refractivity contribution in [3.05, 3.63) is 83.9 Å². The number of benzene rings is 3. The molecule has 4 bridgehead atoms. The van der Waals surface area contributed by atoms with Crippen LogP contribution in [0.4, 0.5) is 5.69 Å². The van der Waals surface area contributed by atoms with Gasteiger partial charge in [0.1, 0.15) is 0 Å². The minimum atomic E-state index is -0.140. The molecular formula is C32H29ClN2O. The highest BCUT2D eigenvalue weighted by atomic mass is 35.5. The van der Waals surface area contributed by atoms with Gasteiger partial charge in [-0.2, -0.15) is 0 Å². The van der Waals surface area contributed by atoms with Crippen LogP contribution in [0.25, 0.3) is 33.3 Å². The summed E-state index contributed by atoms with van der Waals surface area (Å²) in [7, 11) is 0. The van der Waals surface area contributed by atoms with E-state index >= 15 is 0 Å². The van der Waals surface area contributed by atoms with E-state index in [1.165, 1.54) is 19.3 Å². The summed E-state index contributed by atoms with van der Waals surface area (Å²) < 4.78 is 0. The number of hydrogen-bond acceptors (Lipinski definition) is 2. The van der Waals surface area contributed by atoms with Crippen LogP contribution in [0.15, 0.2) is 78.9 Å². The second kappa shape index (κ2) is 8.45. The maximum Gasteiger partial charge on any atom is 0.230 e. The van der Waals surface area contributed by atoms with E-state index in [4.69, 9.17) is 16.6 Å². The van der Waals surface area contributed by atoms with Gasteiger partial charge in [0, 0.05) is 21.7 Å². The number of amides is 1. The Bertz CT molecular complexity index is 1430. The maximum absolute atomic E-state index is 13.5. The number of aromatic nitrogens is 1. The van der Waals surface area contributed by atoms with E-state index in [2.05, 4.69) is 35.6 Å². The van der Waals surface area contributed by atoms with Crippen molar-refractivity contribution in [3.8, 4) is 22.4 Å². The Morgan fingerprint density at radius 1 is 0.806 bits per heavy atom. The third-order valence-electron chi connectivity index (χ3n) is 8.81. The second-order valence-electron chi connectivity index (χ2n) is 11.3. The minimum absolute atomic E-state index is 0.140. The average molecular weight is 493 g/mol. The Kier molecular flexibility index (Phi) is 5.18. The highest BCUT2D eigenvalue weighted by Crippen LogP contribution is 2.60. The third kappa shape index (κ3) is 3.81. The number of fused-ring (bicyclic) bond motifs is 1. The Morgan fingerprint density at radius 3 is 2.14 bits per heavy atom. The number of anilines is 1. The van der Waals surface area contributed by atoms with Gasteiger partial charge in [0.25, 0.3) is 0 Å². The van der Waals surface area contributed by atoms with Gasteiger partial charge in [0.2, 0.25) is 5.91 Å². The summed E-state index contributed by atoms with van der Waals surface area (Å²) in [5, 5.41) is 5.02. The van der Waals surface area contributed by atoms with Gasteiger partial charge in [0.05, 0.1) is 16.6 Å². The zero-order valence-corrected chi connectivity index (χ0v) is 21.0. The molecule has 4 aliphatic rings. The van der Waals surface area contributed by atoms with Crippen LogP contribution in [-0.2, 0) is 4.79 Å². The number of rotatable bonds is 4. The van der Waals surface area contributed by atoms with Crippen molar-refractivity contribution in [2.45, 2.75) is 38.5 Å². The highest BCUT2D eigenvalue weighted by Gasteiger charge is 2.54. The van der Waals surface area contributed by atoms with Crippen LogP contribution in [0.3, 0.4) is 0 Å². The molecule has 1 N–H and O–H groups in total. The van der Waals surface area contributed by atoms with Gasteiger partial charge in [-0.05, 0) is 104 Å². The first-order valence-electron chi connectivity index (χ1n) is 13.1. The molecule has 0 spiro atoms. The molecule has 0 atom stereocenters. The van der Waals surface area contributed by atoms with Crippen molar-refractivity contribution in [2.24, 2.45) is 23.2 Å². The van der Waals surface area contributed by atoms with Crippen LogP contribution < -0.4 is 5.32 Å². The monoisotopic (exact) mass is 492 g/mol. The molecule has 3 aromatic carbocycles. The fraction of sp³-hybridized carbons (Fsp3) is 0.312. The fourth-order valence-corrected chi connectivity index (χ4v) is 7.75. The molecule has 36 heavy (non-hydrogen) atoms. The zero-order valence-electron chi connectivity index (χ0n) is 20.2. The number of carbonyl (C=O) groups excluding carboxylic acids is 1. The van der Waals surface area contributed by atoms with E-state index in [1.807, 2.05) is 48.5 Å². The van der Waals surface area contributed by atoms with E-state index in [0.29, 0.717) is 5.02 Å². The van der Waals surface area contributed by atoms with Crippen molar-refractivity contribution in [1.82, 2.24) is 4.98 Å². The molecule has 0 unspecified atom stereocenters. The van der Waals surface area contributed by atoms with Crippen molar-refractivity contribution < 1.29 is 4.79 Å². The summed E-state index contributed by atoms with van der Waals surface area (Å²) in [6.45, 7) is 0. The molecule has 3 nitrogen and oxygen atoms in total. The number of halogens is 1. The third-order valence-corrected chi connectivity index (χ3v) is 9.05. The molecule has 4 aliphatic carbocycles. The lowest BCUT2D eigenvalue weighted by Crippen LogP contribution is -2.51. The zero-order chi connectivity index (χ0) is 24.3. The molecule has 8 rings (SSSR count). The first-order valence-corrected chi connectivity index (χ1v) is 13.5. The summed E-state index contributed by atoms with van der Waals surface area (Å²) >= 11 is 6.33. The summed E-state index contributed by atoms with van der Waals surface area (Å²) in [6.07, 6.45) is 7.27. The van der Waals surface area contributed by atoms with E-state index in [1.54, 1.807) is 0 Å².